The molecular weight excluding hydrogens is 504 g/mol. The molecule has 3 heterocycles. The lowest BCUT2D eigenvalue weighted by atomic mass is 10.1. The van der Waals surface area contributed by atoms with Crippen molar-refractivity contribution in [1.29, 1.82) is 0 Å². The van der Waals surface area contributed by atoms with Gasteiger partial charge in [-0.3, -0.25) is 10.2 Å². The molecule has 0 unspecified atom stereocenters. The normalized spacial score (nSPS) is 13.6. The first kappa shape index (κ1) is 24.6. The van der Waals surface area contributed by atoms with Crippen LogP contribution in [-0.2, 0) is 9.84 Å². The molecule has 1 saturated carbocycles. The Bertz CT molecular complexity index is 1510. The highest BCUT2D eigenvalue weighted by Gasteiger charge is 2.33. The van der Waals surface area contributed by atoms with Crippen LogP contribution in [0.5, 0.6) is 0 Å². The number of hydrogen-bond donors (Lipinski definition) is 4. The quantitative estimate of drug-likeness (QED) is 0.262. The zero-order valence-electron chi connectivity index (χ0n) is 20.5. The second kappa shape index (κ2) is 9.10. The second-order valence-corrected chi connectivity index (χ2v) is 11.1. The fourth-order valence-electron chi connectivity index (χ4n) is 3.94. The van der Waals surface area contributed by atoms with Crippen molar-refractivity contribution in [3.05, 3.63) is 52.9 Å². The number of hydrogen-bond acceptors (Lipinski definition) is 9. The van der Waals surface area contributed by atoms with Crippen LogP contribution in [0.1, 0.15) is 35.7 Å². The molecule has 5 rings (SSSR count). The highest BCUT2D eigenvalue weighted by Crippen LogP contribution is 2.47. The lowest BCUT2D eigenvalue weighted by molar-refractivity contribution is 0.569. The first-order chi connectivity index (χ1) is 17.5. The lowest BCUT2D eigenvalue weighted by Gasteiger charge is -2.22. The monoisotopic (exact) mass is 529 g/mol. The topological polar surface area (TPSA) is 145 Å². The lowest BCUT2D eigenvalue weighted by Crippen LogP contribution is -2.19. The molecule has 1 aliphatic rings. The molecule has 1 fully saturated rings. The van der Waals surface area contributed by atoms with Gasteiger partial charge in [-0.05, 0) is 44.7 Å². The van der Waals surface area contributed by atoms with E-state index in [1.807, 2.05) is 13.8 Å². The fourth-order valence-corrected chi connectivity index (χ4v) is 4.58. The minimum Gasteiger partial charge on any atom is -0.323 e. The number of aromatic nitrogens is 6. The smallest absolute Gasteiger partial charge is 0.233 e. The third-order valence-corrected chi connectivity index (χ3v) is 6.97. The Hall–Kier alpha value is -4.07. The molecule has 0 amide bonds. The maximum absolute atomic E-state index is 15.0. The number of aromatic amines is 2. The molecule has 37 heavy (non-hydrogen) atoms. The minimum atomic E-state index is -3.81. The SMILES string of the molecule is Cc1cc(Nc2nc(N(C)c3c(F)cc(S(C)(=O)=O)cc3F)nc(Nc3cc(C)[nH]n3)c2C2CC2)n[nH]1. The molecule has 14 heteroatoms. The zero-order chi connectivity index (χ0) is 26.5. The van der Waals surface area contributed by atoms with Gasteiger partial charge in [0.15, 0.2) is 33.1 Å². The molecule has 0 aliphatic heterocycles. The molecule has 0 saturated heterocycles. The third-order valence-electron chi connectivity index (χ3n) is 5.88. The Balaban J connectivity index is 1.64. The van der Waals surface area contributed by atoms with Crippen LogP contribution in [-0.4, -0.2) is 52.1 Å². The molecule has 0 atom stereocenters. The van der Waals surface area contributed by atoms with Gasteiger partial charge in [0.2, 0.25) is 5.95 Å². The van der Waals surface area contributed by atoms with Gasteiger partial charge in [-0.1, -0.05) is 0 Å². The van der Waals surface area contributed by atoms with Crippen molar-refractivity contribution in [2.45, 2.75) is 37.5 Å². The first-order valence-corrected chi connectivity index (χ1v) is 13.3. The van der Waals surface area contributed by atoms with E-state index in [0.29, 0.717) is 23.3 Å². The Labute approximate surface area is 211 Å². The van der Waals surface area contributed by atoms with Gasteiger partial charge >= 0.3 is 0 Å². The van der Waals surface area contributed by atoms with Crippen molar-refractivity contribution < 1.29 is 17.2 Å². The Morgan fingerprint density at radius 1 is 0.919 bits per heavy atom. The van der Waals surface area contributed by atoms with E-state index >= 15 is 8.78 Å². The molecule has 1 aliphatic carbocycles. The highest BCUT2D eigenvalue weighted by molar-refractivity contribution is 7.90. The molecule has 0 radical (unpaired) electrons. The summed E-state index contributed by atoms with van der Waals surface area (Å²) in [6, 6.07) is 5.16. The summed E-state index contributed by atoms with van der Waals surface area (Å²) in [5, 5.41) is 20.6. The number of anilines is 6. The molecule has 194 valence electrons. The maximum atomic E-state index is 15.0. The van der Waals surface area contributed by atoms with Crippen LogP contribution in [0.3, 0.4) is 0 Å². The minimum absolute atomic E-state index is 0.0289. The summed E-state index contributed by atoms with van der Waals surface area (Å²) in [6.45, 7) is 3.72. The van der Waals surface area contributed by atoms with Gasteiger partial charge < -0.3 is 15.5 Å². The van der Waals surface area contributed by atoms with Crippen molar-refractivity contribution in [3.8, 4) is 0 Å². The molecule has 4 N–H and O–H groups in total. The largest absolute Gasteiger partial charge is 0.323 e. The number of nitrogens with one attached hydrogen (secondary N) is 4. The van der Waals surface area contributed by atoms with Gasteiger partial charge in [0.25, 0.3) is 0 Å². The average Bonchev–Trinajstić information content (AvgIpc) is 3.44. The number of aryl methyl sites for hydroxylation is 2. The van der Waals surface area contributed by atoms with E-state index in [1.165, 1.54) is 7.05 Å². The van der Waals surface area contributed by atoms with E-state index in [2.05, 4.69) is 41.0 Å². The third kappa shape index (κ3) is 5.09. The van der Waals surface area contributed by atoms with Crippen LogP contribution in [0.15, 0.2) is 29.2 Å². The van der Waals surface area contributed by atoms with Crippen molar-refractivity contribution >= 4 is 44.7 Å². The Kier molecular flexibility index (Phi) is 6.06. The number of nitrogens with zero attached hydrogens (tertiary/aromatic N) is 5. The van der Waals surface area contributed by atoms with E-state index < -0.39 is 32.1 Å². The molecule has 0 bridgehead atoms. The van der Waals surface area contributed by atoms with E-state index in [4.69, 9.17) is 0 Å². The number of H-pyrrole nitrogens is 2. The molecule has 0 spiro atoms. The van der Waals surface area contributed by atoms with Crippen LogP contribution in [0.2, 0.25) is 0 Å². The van der Waals surface area contributed by atoms with E-state index in [9.17, 15) is 8.42 Å². The zero-order valence-corrected chi connectivity index (χ0v) is 21.3. The summed E-state index contributed by atoms with van der Waals surface area (Å²) >= 11 is 0. The standard InChI is InChI=1S/C23H25F2N9O2S/c1-11-7-17(32-30-11)26-21-19(13-5-6-13)22(27-18-8-12(2)31-33-18)29-23(28-21)34(3)20-15(24)9-14(10-16(20)25)37(4,35)36/h7-10,13H,5-6H2,1-4H3,(H4,26,27,28,29,30,31,32,33). The number of halogens is 2. The van der Waals surface area contributed by atoms with E-state index in [0.717, 1.165) is 53.1 Å². The molecule has 1 aromatic carbocycles. The van der Waals surface area contributed by atoms with Crippen molar-refractivity contribution in [2.75, 3.05) is 28.8 Å². The summed E-state index contributed by atoms with van der Waals surface area (Å²) < 4.78 is 53.7. The summed E-state index contributed by atoms with van der Waals surface area (Å²) in [4.78, 5) is 9.88. The summed E-state index contributed by atoms with van der Waals surface area (Å²) in [5.41, 5.74) is 1.98. The van der Waals surface area contributed by atoms with Crippen molar-refractivity contribution in [3.63, 3.8) is 0 Å². The Morgan fingerprint density at radius 3 is 1.78 bits per heavy atom. The predicted molar refractivity (Wildman–Crippen MR) is 135 cm³/mol. The number of sulfone groups is 1. The summed E-state index contributed by atoms with van der Waals surface area (Å²) in [6.07, 6.45) is 2.74. The van der Waals surface area contributed by atoms with Gasteiger partial charge in [0.1, 0.15) is 17.3 Å². The van der Waals surface area contributed by atoms with Crippen LogP contribution in [0, 0.1) is 25.5 Å². The van der Waals surface area contributed by atoms with Gasteiger partial charge in [-0.25, -0.2) is 17.2 Å². The van der Waals surface area contributed by atoms with Crippen LogP contribution < -0.4 is 15.5 Å². The van der Waals surface area contributed by atoms with Crippen LogP contribution in [0.25, 0.3) is 0 Å². The molecule has 4 aromatic rings. The molecular formula is C23H25F2N9O2S. The molecule has 11 nitrogen and oxygen atoms in total. The van der Waals surface area contributed by atoms with Crippen molar-refractivity contribution in [1.82, 2.24) is 30.4 Å². The van der Waals surface area contributed by atoms with E-state index in [-0.39, 0.29) is 11.9 Å². The first-order valence-electron chi connectivity index (χ1n) is 11.4. The van der Waals surface area contributed by atoms with Gasteiger partial charge in [-0.15, -0.1) is 0 Å². The van der Waals surface area contributed by atoms with Gasteiger partial charge in [-0.2, -0.15) is 20.2 Å². The van der Waals surface area contributed by atoms with E-state index in [1.54, 1.807) is 12.1 Å². The van der Waals surface area contributed by atoms with Crippen LogP contribution in [0.4, 0.5) is 43.7 Å². The number of benzene rings is 1. The molecule has 3 aromatic heterocycles. The predicted octanol–water partition coefficient (Wildman–Crippen LogP) is 4.35. The summed E-state index contributed by atoms with van der Waals surface area (Å²) in [5.74, 6) is -0.0965. The van der Waals surface area contributed by atoms with Crippen molar-refractivity contribution in [2.24, 2.45) is 0 Å². The van der Waals surface area contributed by atoms with Gasteiger partial charge in [0, 0.05) is 42.4 Å². The summed E-state index contributed by atoms with van der Waals surface area (Å²) in [7, 11) is -2.41. The van der Waals surface area contributed by atoms with Crippen LogP contribution >= 0.6 is 0 Å². The highest BCUT2D eigenvalue weighted by atomic mass is 32.2. The Morgan fingerprint density at radius 2 is 1.41 bits per heavy atom. The van der Waals surface area contributed by atoms with Gasteiger partial charge in [0.05, 0.1) is 4.90 Å². The average molecular weight is 530 g/mol. The fraction of sp³-hybridized carbons (Fsp3) is 0.304. The maximum Gasteiger partial charge on any atom is 0.233 e. The number of rotatable bonds is 8. The second-order valence-electron chi connectivity index (χ2n) is 9.10.